The molecule has 3 aliphatic carbocycles. The van der Waals surface area contributed by atoms with Crippen LogP contribution in [0.4, 0.5) is 0 Å². The Balaban J connectivity index is 1.60. The Hall–Kier alpha value is -2.29. The molecule has 110 valence electrons. The summed E-state index contributed by atoms with van der Waals surface area (Å²) in [6.45, 7) is 0. The molecule has 2 fully saturated rings. The molecule has 1 aromatic heterocycles. The van der Waals surface area contributed by atoms with Crippen molar-refractivity contribution < 1.29 is 9.53 Å². The normalized spacial score (nSPS) is 30.7. The van der Waals surface area contributed by atoms with E-state index in [2.05, 4.69) is 29.0 Å². The molecule has 3 nitrogen and oxygen atoms in total. The number of esters is 1. The Bertz CT molecular complexity index is 837. The van der Waals surface area contributed by atoms with Crippen molar-refractivity contribution >= 4 is 23.1 Å². The molecule has 2 aromatic rings. The van der Waals surface area contributed by atoms with Gasteiger partial charge in [-0.05, 0) is 41.7 Å². The molecule has 22 heavy (non-hydrogen) atoms. The average molecular weight is 291 g/mol. The third kappa shape index (κ3) is 1.48. The van der Waals surface area contributed by atoms with Gasteiger partial charge >= 0.3 is 5.97 Å². The van der Waals surface area contributed by atoms with E-state index in [-0.39, 0.29) is 5.97 Å². The Labute approximate surface area is 128 Å². The number of nitrogens with zero attached hydrogens (tertiary/aromatic N) is 1. The van der Waals surface area contributed by atoms with E-state index in [1.165, 1.54) is 13.5 Å². The highest BCUT2D eigenvalue weighted by molar-refractivity contribution is 6.05. The first kappa shape index (κ1) is 12.3. The van der Waals surface area contributed by atoms with Crippen molar-refractivity contribution in [3.05, 3.63) is 53.8 Å². The molecule has 1 heterocycles. The molecule has 0 amide bonds. The fourth-order valence-corrected chi connectivity index (χ4v) is 4.56. The molecule has 0 N–H and O–H groups in total. The molecule has 4 atom stereocenters. The number of methoxy groups -OCH3 is 1. The summed E-state index contributed by atoms with van der Waals surface area (Å²) in [5.74, 6) is 2.73. The second kappa shape index (κ2) is 4.13. The van der Waals surface area contributed by atoms with Crippen LogP contribution in [0.25, 0.3) is 17.1 Å². The quantitative estimate of drug-likeness (QED) is 0.624. The van der Waals surface area contributed by atoms with Gasteiger partial charge < -0.3 is 9.30 Å². The van der Waals surface area contributed by atoms with Crippen molar-refractivity contribution in [1.82, 2.24) is 4.57 Å². The minimum atomic E-state index is -0.272. The molecule has 0 aliphatic heterocycles. The van der Waals surface area contributed by atoms with Crippen molar-refractivity contribution in [2.45, 2.75) is 6.42 Å². The predicted molar refractivity (Wildman–Crippen MR) is 85.3 cm³/mol. The summed E-state index contributed by atoms with van der Waals surface area (Å²) in [5.41, 5.74) is 3.26. The molecule has 5 rings (SSSR count). The summed E-state index contributed by atoms with van der Waals surface area (Å²) in [7, 11) is 1.43. The lowest BCUT2D eigenvalue weighted by Crippen LogP contribution is -1.99. The number of carbonyl (C=O) groups is 1. The number of carbonyl (C=O) groups excluding carboxylic acids is 1. The number of aromatic nitrogens is 1. The maximum atomic E-state index is 12.0. The molecule has 2 bridgehead atoms. The molecule has 2 saturated carbocycles. The van der Waals surface area contributed by atoms with Gasteiger partial charge in [0, 0.05) is 17.8 Å². The topological polar surface area (TPSA) is 31.2 Å². The highest BCUT2D eigenvalue weighted by atomic mass is 16.5. The standard InChI is InChI=1S/C19H17NO2/c1-22-19(21)14-9-20(16-5-3-2-4-13(14)16)10-15-17-11-6-7-12(8-11)18(15)17/h2-7,9-12,17-18H,8H2,1H3. The van der Waals surface area contributed by atoms with E-state index in [0.717, 1.165) is 34.6 Å². The Morgan fingerprint density at radius 1 is 1.23 bits per heavy atom. The summed E-state index contributed by atoms with van der Waals surface area (Å²) < 4.78 is 7.02. The number of hydrogen-bond donors (Lipinski definition) is 0. The molecule has 1 aromatic carbocycles. The van der Waals surface area contributed by atoms with Gasteiger partial charge in [0.1, 0.15) is 0 Å². The highest BCUT2D eigenvalue weighted by Crippen LogP contribution is 2.66. The number of hydrogen-bond acceptors (Lipinski definition) is 2. The average Bonchev–Trinajstić information content (AvgIpc) is 2.91. The number of benzene rings is 1. The van der Waals surface area contributed by atoms with E-state index in [1.807, 2.05) is 24.4 Å². The number of rotatable bonds is 2. The molecular formula is C19H17NO2. The van der Waals surface area contributed by atoms with Crippen molar-refractivity contribution in [2.24, 2.45) is 23.7 Å². The van der Waals surface area contributed by atoms with Crippen molar-refractivity contribution in [3.63, 3.8) is 0 Å². The molecule has 0 radical (unpaired) electrons. The zero-order valence-corrected chi connectivity index (χ0v) is 12.4. The van der Waals surface area contributed by atoms with Crippen molar-refractivity contribution in [1.29, 1.82) is 0 Å². The lowest BCUT2D eigenvalue weighted by atomic mass is 10.0. The van der Waals surface area contributed by atoms with E-state index >= 15 is 0 Å². The Morgan fingerprint density at radius 2 is 1.95 bits per heavy atom. The second-order valence-electron chi connectivity index (χ2n) is 6.59. The number of para-hydroxylation sites is 1. The van der Waals surface area contributed by atoms with E-state index in [1.54, 1.807) is 5.57 Å². The third-order valence-corrected chi connectivity index (χ3v) is 5.55. The van der Waals surface area contributed by atoms with Crippen LogP contribution in [-0.4, -0.2) is 17.6 Å². The zero-order valence-electron chi connectivity index (χ0n) is 12.4. The summed E-state index contributed by atoms with van der Waals surface area (Å²) in [4.78, 5) is 12.0. The smallest absolute Gasteiger partial charge is 0.340 e. The molecule has 3 aliphatic rings. The minimum Gasteiger partial charge on any atom is -0.465 e. The van der Waals surface area contributed by atoms with E-state index in [0.29, 0.717) is 5.56 Å². The summed E-state index contributed by atoms with van der Waals surface area (Å²) in [6, 6.07) is 8.01. The van der Waals surface area contributed by atoms with Crippen molar-refractivity contribution in [3.8, 4) is 0 Å². The molecule has 4 unspecified atom stereocenters. The summed E-state index contributed by atoms with van der Waals surface area (Å²) in [6.07, 6.45) is 10.3. The van der Waals surface area contributed by atoms with Gasteiger partial charge in [-0.1, -0.05) is 30.4 Å². The van der Waals surface area contributed by atoms with Gasteiger partial charge in [0.15, 0.2) is 0 Å². The molecule has 3 heteroatoms. The molecular weight excluding hydrogens is 274 g/mol. The monoisotopic (exact) mass is 291 g/mol. The lowest BCUT2D eigenvalue weighted by Gasteiger charge is -2.03. The number of ether oxygens (including phenoxy) is 1. The first-order chi connectivity index (χ1) is 10.8. The first-order valence-electron chi connectivity index (χ1n) is 7.86. The van der Waals surface area contributed by atoms with Crippen LogP contribution in [0.15, 0.2) is 48.2 Å². The maximum Gasteiger partial charge on any atom is 0.340 e. The summed E-state index contributed by atoms with van der Waals surface area (Å²) >= 11 is 0. The second-order valence-corrected chi connectivity index (χ2v) is 6.59. The van der Waals surface area contributed by atoms with Gasteiger partial charge in [-0.15, -0.1) is 0 Å². The lowest BCUT2D eigenvalue weighted by molar-refractivity contribution is 0.0603. The van der Waals surface area contributed by atoms with Gasteiger partial charge in [-0.25, -0.2) is 4.79 Å². The summed E-state index contributed by atoms with van der Waals surface area (Å²) in [5, 5.41) is 0.957. The van der Waals surface area contributed by atoms with Crippen LogP contribution >= 0.6 is 0 Å². The predicted octanol–water partition coefficient (Wildman–Crippen LogP) is 3.72. The highest BCUT2D eigenvalue weighted by Gasteiger charge is 2.59. The van der Waals surface area contributed by atoms with E-state index < -0.39 is 0 Å². The van der Waals surface area contributed by atoms with Crippen LogP contribution in [0.1, 0.15) is 16.8 Å². The first-order valence-corrected chi connectivity index (χ1v) is 7.86. The fraction of sp³-hybridized carbons (Fsp3) is 0.316. The Kier molecular flexibility index (Phi) is 2.30. The van der Waals surface area contributed by atoms with Crippen LogP contribution in [-0.2, 0) is 4.74 Å². The van der Waals surface area contributed by atoms with Crippen LogP contribution in [0.3, 0.4) is 0 Å². The van der Waals surface area contributed by atoms with Crippen LogP contribution in [0.5, 0.6) is 0 Å². The van der Waals surface area contributed by atoms with Crippen LogP contribution < -0.4 is 0 Å². The van der Waals surface area contributed by atoms with Gasteiger partial charge in [-0.3, -0.25) is 0 Å². The van der Waals surface area contributed by atoms with Crippen LogP contribution in [0, 0.1) is 23.7 Å². The van der Waals surface area contributed by atoms with Gasteiger partial charge in [0.2, 0.25) is 0 Å². The van der Waals surface area contributed by atoms with Gasteiger partial charge in [0.05, 0.1) is 18.2 Å². The Morgan fingerprint density at radius 3 is 2.68 bits per heavy atom. The third-order valence-electron chi connectivity index (χ3n) is 5.55. The van der Waals surface area contributed by atoms with Gasteiger partial charge in [0.25, 0.3) is 0 Å². The minimum absolute atomic E-state index is 0.272. The molecule has 0 spiro atoms. The SMILES string of the molecule is COC(=O)c1cn(C=C2C3C4C=CC(C4)C23)c2ccccc12. The molecule has 0 saturated heterocycles. The van der Waals surface area contributed by atoms with E-state index in [4.69, 9.17) is 4.74 Å². The zero-order chi connectivity index (χ0) is 14.8. The maximum absolute atomic E-state index is 12.0. The largest absolute Gasteiger partial charge is 0.465 e. The van der Waals surface area contributed by atoms with Gasteiger partial charge in [-0.2, -0.15) is 0 Å². The number of fused-ring (bicyclic) bond motifs is 6. The van der Waals surface area contributed by atoms with Crippen molar-refractivity contribution in [2.75, 3.05) is 7.11 Å². The number of allylic oxidation sites excluding steroid dienone is 3. The fourth-order valence-electron chi connectivity index (χ4n) is 4.56. The van der Waals surface area contributed by atoms with Crippen LogP contribution in [0.2, 0.25) is 0 Å². The van der Waals surface area contributed by atoms with E-state index in [9.17, 15) is 4.79 Å².